The van der Waals surface area contributed by atoms with E-state index < -0.39 is 0 Å². The van der Waals surface area contributed by atoms with Crippen LogP contribution in [0.25, 0.3) is 11.1 Å². The monoisotopic (exact) mass is 515 g/mol. The second kappa shape index (κ2) is 14.8. The summed E-state index contributed by atoms with van der Waals surface area (Å²) in [6, 6.07) is 25.2. The van der Waals surface area contributed by atoms with Gasteiger partial charge in [-0.05, 0) is 72.7 Å². The molecule has 0 spiro atoms. The second-order valence-electron chi connectivity index (χ2n) is 11.3. The molecular formula is C34H45NO3. The normalized spacial score (nSPS) is 14.8. The molecule has 1 aliphatic carbocycles. The van der Waals surface area contributed by atoms with E-state index in [0.717, 1.165) is 30.6 Å². The maximum absolute atomic E-state index is 11.1. The molecule has 4 rings (SSSR count). The van der Waals surface area contributed by atoms with Gasteiger partial charge in [-0.3, -0.25) is 4.79 Å². The predicted octanol–water partition coefficient (Wildman–Crippen LogP) is 7.75. The lowest BCUT2D eigenvalue weighted by Gasteiger charge is -2.31. The zero-order chi connectivity index (χ0) is 27.4. The van der Waals surface area contributed by atoms with Crippen LogP contribution in [0.5, 0.6) is 5.75 Å². The zero-order valence-corrected chi connectivity index (χ0v) is 23.6. The summed E-state index contributed by atoms with van der Waals surface area (Å²) in [6.45, 7) is 7.92. The Labute approximate surface area is 229 Å². The molecule has 0 amide bonds. The van der Waals surface area contributed by atoms with Gasteiger partial charge in [0.1, 0.15) is 18.1 Å². The van der Waals surface area contributed by atoms with Crippen LogP contribution in [0.4, 0.5) is 0 Å². The number of aliphatic hydroxyl groups is 1. The highest BCUT2D eigenvalue weighted by molar-refractivity contribution is 5.74. The van der Waals surface area contributed by atoms with Crippen molar-refractivity contribution < 1.29 is 14.6 Å². The van der Waals surface area contributed by atoms with Crippen molar-refractivity contribution in [1.82, 2.24) is 5.32 Å². The molecule has 1 fully saturated rings. The summed E-state index contributed by atoms with van der Waals surface area (Å²) in [5, 5.41) is 11.1. The number of carbonyl (C=O) groups is 1. The van der Waals surface area contributed by atoms with Crippen LogP contribution in [-0.4, -0.2) is 31.6 Å². The number of hydrogen-bond acceptors (Lipinski definition) is 4. The van der Waals surface area contributed by atoms with Crippen LogP contribution in [0.3, 0.4) is 0 Å². The highest BCUT2D eigenvalue weighted by Crippen LogP contribution is 2.38. The number of aldehydes is 1. The van der Waals surface area contributed by atoms with E-state index in [-0.39, 0.29) is 11.5 Å². The Morgan fingerprint density at radius 2 is 1.47 bits per heavy atom. The highest BCUT2D eigenvalue weighted by Gasteiger charge is 2.27. The number of ether oxygens (including phenoxy) is 1. The van der Waals surface area contributed by atoms with Crippen molar-refractivity contribution in [3.8, 4) is 16.9 Å². The lowest BCUT2D eigenvalue weighted by atomic mass is 9.82. The highest BCUT2D eigenvalue weighted by atomic mass is 16.5. The molecule has 4 nitrogen and oxygen atoms in total. The Morgan fingerprint density at radius 3 is 1.95 bits per heavy atom. The molecule has 38 heavy (non-hydrogen) atoms. The van der Waals surface area contributed by atoms with Gasteiger partial charge >= 0.3 is 0 Å². The van der Waals surface area contributed by atoms with E-state index in [9.17, 15) is 4.79 Å². The number of benzene rings is 3. The van der Waals surface area contributed by atoms with E-state index in [4.69, 9.17) is 9.84 Å². The molecule has 1 saturated carbocycles. The molecule has 0 bridgehead atoms. The molecule has 0 aromatic heterocycles. The third kappa shape index (κ3) is 8.82. The Balaban J connectivity index is 0.000000599. The second-order valence-corrected chi connectivity index (χ2v) is 11.3. The fourth-order valence-electron chi connectivity index (χ4n) is 4.93. The van der Waals surface area contributed by atoms with Crippen LogP contribution in [0, 0.1) is 5.92 Å². The van der Waals surface area contributed by atoms with Gasteiger partial charge in [0.05, 0.1) is 0 Å². The molecule has 1 aliphatic rings. The smallest absolute Gasteiger partial charge is 0.150 e. The SMILES string of the molecule is CC(C)(C)c1ccc(-c2ccc(OC(c3ccc(C=O)cc3)C3CCCCC3)cc2)cc1.CNCCCO. The summed E-state index contributed by atoms with van der Waals surface area (Å²) in [5.41, 5.74) is 5.79. The maximum atomic E-state index is 11.1. The third-order valence-electron chi connectivity index (χ3n) is 7.27. The number of carbonyl (C=O) groups excluding carboxylic acids is 1. The first-order chi connectivity index (χ1) is 18.4. The van der Waals surface area contributed by atoms with Crippen LogP contribution in [0.1, 0.15) is 86.9 Å². The van der Waals surface area contributed by atoms with Gasteiger partial charge in [-0.2, -0.15) is 0 Å². The topological polar surface area (TPSA) is 58.6 Å². The van der Waals surface area contributed by atoms with E-state index in [1.807, 2.05) is 31.3 Å². The van der Waals surface area contributed by atoms with Gasteiger partial charge in [-0.15, -0.1) is 0 Å². The van der Waals surface area contributed by atoms with Crippen LogP contribution in [0.2, 0.25) is 0 Å². The number of hydrogen-bond donors (Lipinski definition) is 2. The number of rotatable bonds is 9. The van der Waals surface area contributed by atoms with Crippen LogP contribution < -0.4 is 10.1 Å². The maximum Gasteiger partial charge on any atom is 0.150 e. The molecule has 1 unspecified atom stereocenters. The van der Waals surface area contributed by atoms with Crippen molar-refractivity contribution in [2.45, 2.75) is 70.8 Å². The van der Waals surface area contributed by atoms with Gasteiger partial charge in [-0.25, -0.2) is 0 Å². The first kappa shape index (κ1) is 29.6. The van der Waals surface area contributed by atoms with Gasteiger partial charge < -0.3 is 15.2 Å². The van der Waals surface area contributed by atoms with Crippen LogP contribution in [0.15, 0.2) is 72.8 Å². The predicted molar refractivity (Wildman–Crippen MR) is 158 cm³/mol. The first-order valence-electron chi connectivity index (χ1n) is 14.0. The summed E-state index contributed by atoms with van der Waals surface area (Å²) in [7, 11) is 1.87. The minimum atomic E-state index is 0.0212. The van der Waals surface area contributed by atoms with E-state index in [2.05, 4.69) is 74.6 Å². The average Bonchev–Trinajstić information content (AvgIpc) is 2.95. The molecule has 4 heteroatoms. The fraction of sp³-hybridized carbons (Fsp3) is 0.441. The summed E-state index contributed by atoms with van der Waals surface area (Å²) < 4.78 is 6.58. The molecule has 0 radical (unpaired) electrons. The van der Waals surface area contributed by atoms with Gasteiger partial charge in [0.25, 0.3) is 0 Å². The van der Waals surface area contributed by atoms with Gasteiger partial charge in [0.15, 0.2) is 0 Å². The lowest BCUT2D eigenvalue weighted by Crippen LogP contribution is -2.21. The Hall–Kier alpha value is -2.95. The quantitative estimate of drug-likeness (QED) is 0.226. The van der Waals surface area contributed by atoms with Crippen molar-refractivity contribution in [3.63, 3.8) is 0 Å². The van der Waals surface area contributed by atoms with Gasteiger partial charge in [0, 0.05) is 18.1 Å². The molecular weight excluding hydrogens is 470 g/mol. The Morgan fingerprint density at radius 1 is 0.895 bits per heavy atom. The number of aliphatic hydroxyl groups excluding tert-OH is 1. The third-order valence-corrected chi connectivity index (χ3v) is 7.27. The molecule has 0 heterocycles. The molecule has 3 aromatic carbocycles. The van der Waals surface area contributed by atoms with E-state index in [0.29, 0.717) is 18.1 Å². The molecule has 2 N–H and O–H groups in total. The van der Waals surface area contributed by atoms with E-state index in [1.54, 1.807) is 0 Å². The standard InChI is InChI=1S/C30H34O2.C4H11NO/c1-30(2,3)27-17-13-23(14-18-27)24-15-19-28(20-16-24)32-29(25-7-5-4-6-8-25)26-11-9-22(21-31)10-12-26;1-5-3-2-4-6/h9-21,25,29H,4-8H2,1-3H3;5-6H,2-4H2,1H3. The number of nitrogens with one attached hydrogen (secondary N) is 1. The van der Waals surface area contributed by atoms with E-state index in [1.165, 1.54) is 48.8 Å². The van der Waals surface area contributed by atoms with Crippen LogP contribution in [-0.2, 0) is 5.41 Å². The lowest BCUT2D eigenvalue weighted by molar-refractivity contribution is 0.108. The van der Waals surface area contributed by atoms with Crippen molar-refractivity contribution in [2.24, 2.45) is 5.92 Å². The van der Waals surface area contributed by atoms with Crippen LogP contribution >= 0.6 is 0 Å². The summed E-state index contributed by atoms with van der Waals surface area (Å²) in [5.74, 6) is 1.41. The molecule has 3 aromatic rings. The molecule has 1 atom stereocenters. The largest absolute Gasteiger partial charge is 0.485 e. The molecule has 0 saturated heterocycles. The zero-order valence-electron chi connectivity index (χ0n) is 23.6. The minimum Gasteiger partial charge on any atom is -0.485 e. The fourth-order valence-corrected chi connectivity index (χ4v) is 4.93. The minimum absolute atomic E-state index is 0.0212. The summed E-state index contributed by atoms with van der Waals surface area (Å²) in [6.07, 6.45) is 8.00. The molecule has 0 aliphatic heterocycles. The van der Waals surface area contributed by atoms with E-state index >= 15 is 0 Å². The van der Waals surface area contributed by atoms with Gasteiger partial charge in [0.2, 0.25) is 0 Å². The van der Waals surface area contributed by atoms with Crippen molar-refractivity contribution in [1.29, 1.82) is 0 Å². The average molecular weight is 516 g/mol. The van der Waals surface area contributed by atoms with Crippen molar-refractivity contribution in [2.75, 3.05) is 20.2 Å². The summed E-state index contributed by atoms with van der Waals surface area (Å²) in [4.78, 5) is 11.1. The van der Waals surface area contributed by atoms with Gasteiger partial charge in [-0.1, -0.05) is 101 Å². The summed E-state index contributed by atoms with van der Waals surface area (Å²) >= 11 is 0. The van der Waals surface area contributed by atoms with Crippen molar-refractivity contribution in [3.05, 3.63) is 89.5 Å². The Bertz CT molecular complexity index is 1070. The Kier molecular flexibility index (Phi) is 11.6. The first-order valence-corrected chi connectivity index (χ1v) is 14.0. The molecule has 204 valence electrons. The van der Waals surface area contributed by atoms with Crippen molar-refractivity contribution >= 4 is 6.29 Å².